The molecule has 1 aliphatic heterocycles. The highest BCUT2D eigenvalue weighted by molar-refractivity contribution is 5.96. The average molecular weight is 279 g/mol. The summed E-state index contributed by atoms with van der Waals surface area (Å²) in [7, 11) is 0. The number of aliphatic carboxylic acids is 1. The molecule has 7 nitrogen and oxygen atoms in total. The lowest BCUT2D eigenvalue weighted by Crippen LogP contribution is -2.63. The fraction of sp³-hybridized carbons (Fsp3) is 0.538. The molecule has 108 valence electrons. The zero-order valence-electron chi connectivity index (χ0n) is 11.7. The lowest BCUT2D eigenvalue weighted by Gasteiger charge is -2.47. The highest BCUT2D eigenvalue weighted by Gasteiger charge is 2.43. The van der Waals surface area contributed by atoms with Crippen LogP contribution in [0.5, 0.6) is 0 Å². The Morgan fingerprint density at radius 3 is 2.65 bits per heavy atom. The number of hydrogen-bond donors (Lipinski definition) is 1. The van der Waals surface area contributed by atoms with Crippen LogP contribution in [0.1, 0.15) is 28.7 Å². The number of carbonyl (C=O) groups excluding carboxylic acids is 1. The van der Waals surface area contributed by atoms with Crippen LogP contribution in [0, 0.1) is 13.8 Å². The van der Waals surface area contributed by atoms with Gasteiger partial charge in [0, 0.05) is 0 Å². The smallest absolute Gasteiger partial charge is 0.329 e. The van der Waals surface area contributed by atoms with Gasteiger partial charge in [-0.05, 0) is 26.8 Å². The third-order valence-corrected chi connectivity index (χ3v) is 3.21. The fourth-order valence-corrected chi connectivity index (χ4v) is 2.17. The van der Waals surface area contributed by atoms with E-state index in [2.05, 4.69) is 10.2 Å². The van der Waals surface area contributed by atoms with E-state index in [1.165, 1.54) is 0 Å². The van der Waals surface area contributed by atoms with E-state index in [4.69, 9.17) is 9.84 Å². The summed E-state index contributed by atoms with van der Waals surface area (Å²) >= 11 is 0. The standard InChI is InChI=1S/C13H17N3O4/c1-8-4-10(9(2)15-14-8)12(19)16-6-13(3,7-16)20-5-11(17)18/h4H,5-7H2,1-3H3,(H,17,18). The summed E-state index contributed by atoms with van der Waals surface area (Å²) < 4.78 is 5.28. The number of amides is 1. The van der Waals surface area contributed by atoms with Crippen LogP contribution in [0.15, 0.2) is 6.07 Å². The minimum absolute atomic E-state index is 0.128. The van der Waals surface area contributed by atoms with E-state index >= 15 is 0 Å². The summed E-state index contributed by atoms with van der Waals surface area (Å²) in [5, 5.41) is 16.4. The lowest BCUT2D eigenvalue weighted by molar-refractivity contribution is -0.159. The second-order valence-corrected chi connectivity index (χ2v) is 5.28. The van der Waals surface area contributed by atoms with E-state index in [1.54, 1.807) is 31.7 Å². The van der Waals surface area contributed by atoms with Crippen molar-refractivity contribution in [1.29, 1.82) is 0 Å². The Balaban J connectivity index is 2.00. The molecular formula is C13H17N3O4. The first-order chi connectivity index (χ1) is 9.31. The lowest BCUT2D eigenvalue weighted by atomic mass is 9.95. The van der Waals surface area contributed by atoms with Crippen LogP contribution in [0.4, 0.5) is 0 Å². The highest BCUT2D eigenvalue weighted by atomic mass is 16.5. The normalized spacial score (nSPS) is 16.6. The SMILES string of the molecule is Cc1cc(C(=O)N2CC(C)(OCC(=O)O)C2)c(C)nn1. The zero-order valence-corrected chi connectivity index (χ0v) is 11.7. The molecule has 1 aromatic rings. The molecule has 2 heterocycles. The van der Waals surface area contributed by atoms with Crippen LogP contribution < -0.4 is 0 Å². The summed E-state index contributed by atoms with van der Waals surface area (Å²) in [5.41, 5.74) is 1.21. The molecule has 0 aliphatic carbocycles. The van der Waals surface area contributed by atoms with Crippen molar-refractivity contribution in [2.24, 2.45) is 0 Å². The molecule has 1 aromatic heterocycles. The fourth-order valence-electron chi connectivity index (χ4n) is 2.17. The van der Waals surface area contributed by atoms with Gasteiger partial charge in [0.05, 0.1) is 30.0 Å². The maximum absolute atomic E-state index is 12.3. The Morgan fingerprint density at radius 1 is 1.40 bits per heavy atom. The number of aromatic nitrogens is 2. The van der Waals surface area contributed by atoms with E-state index in [-0.39, 0.29) is 12.5 Å². The Morgan fingerprint density at radius 2 is 2.05 bits per heavy atom. The average Bonchev–Trinajstić information content (AvgIpc) is 2.35. The Kier molecular flexibility index (Phi) is 3.71. The Hall–Kier alpha value is -2.02. The van der Waals surface area contributed by atoms with Crippen LogP contribution >= 0.6 is 0 Å². The second kappa shape index (κ2) is 5.16. The van der Waals surface area contributed by atoms with Crippen LogP contribution in [-0.2, 0) is 9.53 Å². The summed E-state index contributed by atoms with van der Waals surface area (Å²) in [6.07, 6.45) is 0. The van der Waals surface area contributed by atoms with Gasteiger partial charge in [0.2, 0.25) is 0 Å². The van der Waals surface area contributed by atoms with Gasteiger partial charge in [0.1, 0.15) is 12.2 Å². The third kappa shape index (κ3) is 2.93. The Labute approximate surface area is 116 Å². The first-order valence-electron chi connectivity index (χ1n) is 6.27. The van der Waals surface area contributed by atoms with Gasteiger partial charge in [-0.3, -0.25) is 4.79 Å². The zero-order chi connectivity index (χ0) is 14.9. The number of rotatable bonds is 4. The highest BCUT2D eigenvalue weighted by Crippen LogP contribution is 2.26. The van der Waals surface area contributed by atoms with Gasteiger partial charge in [-0.1, -0.05) is 0 Å². The summed E-state index contributed by atoms with van der Waals surface area (Å²) in [4.78, 5) is 24.4. The van der Waals surface area contributed by atoms with E-state index in [0.29, 0.717) is 30.0 Å². The maximum Gasteiger partial charge on any atom is 0.329 e. The predicted molar refractivity (Wildman–Crippen MR) is 69.4 cm³/mol. The van der Waals surface area contributed by atoms with E-state index in [1.807, 2.05) is 0 Å². The molecule has 0 radical (unpaired) electrons. The van der Waals surface area contributed by atoms with Gasteiger partial charge in [0.15, 0.2) is 0 Å². The van der Waals surface area contributed by atoms with Crippen molar-refractivity contribution in [2.75, 3.05) is 19.7 Å². The molecule has 1 aliphatic rings. The monoisotopic (exact) mass is 279 g/mol. The number of nitrogens with zero attached hydrogens (tertiary/aromatic N) is 3. The van der Waals surface area contributed by atoms with Gasteiger partial charge in [-0.2, -0.15) is 10.2 Å². The molecule has 0 spiro atoms. The van der Waals surface area contributed by atoms with Crippen LogP contribution in [0.25, 0.3) is 0 Å². The molecule has 1 amide bonds. The molecule has 1 fully saturated rings. The molecule has 7 heteroatoms. The number of hydrogen-bond acceptors (Lipinski definition) is 5. The van der Waals surface area contributed by atoms with E-state index in [9.17, 15) is 9.59 Å². The molecule has 0 bridgehead atoms. The predicted octanol–water partition coefficient (Wildman–Crippen LogP) is 0.409. The molecule has 0 aromatic carbocycles. The van der Waals surface area contributed by atoms with E-state index < -0.39 is 11.6 Å². The molecule has 20 heavy (non-hydrogen) atoms. The van der Waals surface area contributed by atoms with E-state index in [0.717, 1.165) is 0 Å². The van der Waals surface area contributed by atoms with Gasteiger partial charge in [-0.25, -0.2) is 4.79 Å². The summed E-state index contributed by atoms with van der Waals surface area (Å²) in [6.45, 7) is 5.70. The number of ether oxygens (including phenoxy) is 1. The van der Waals surface area contributed by atoms with Crippen molar-refractivity contribution in [3.63, 3.8) is 0 Å². The topological polar surface area (TPSA) is 92.6 Å². The number of carboxylic acid groups (broad SMARTS) is 1. The molecule has 1 saturated heterocycles. The molecule has 0 unspecified atom stereocenters. The molecule has 2 rings (SSSR count). The van der Waals surface area contributed by atoms with Gasteiger partial charge >= 0.3 is 5.97 Å². The van der Waals surface area contributed by atoms with Gasteiger partial charge in [-0.15, -0.1) is 0 Å². The molecular weight excluding hydrogens is 262 g/mol. The van der Waals surface area contributed by atoms with Crippen molar-refractivity contribution in [3.8, 4) is 0 Å². The molecule has 0 saturated carbocycles. The number of aryl methyl sites for hydroxylation is 2. The van der Waals surface area contributed by atoms with Crippen LogP contribution in [0.2, 0.25) is 0 Å². The number of carboxylic acids is 1. The van der Waals surface area contributed by atoms with Crippen LogP contribution in [0.3, 0.4) is 0 Å². The van der Waals surface area contributed by atoms with Crippen LogP contribution in [-0.4, -0.2) is 57.4 Å². The van der Waals surface area contributed by atoms with Gasteiger partial charge in [0.25, 0.3) is 5.91 Å². The van der Waals surface area contributed by atoms with Crippen molar-refractivity contribution in [1.82, 2.24) is 15.1 Å². The Bertz CT molecular complexity index is 553. The molecule has 1 N–H and O–H groups in total. The third-order valence-electron chi connectivity index (χ3n) is 3.21. The van der Waals surface area contributed by atoms with Crippen molar-refractivity contribution < 1.29 is 19.4 Å². The first-order valence-corrected chi connectivity index (χ1v) is 6.27. The molecule has 0 atom stereocenters. The number of carbonyl (C=O) groups is 2. The quantitative estimate of drug-likeness (QED) is 0.858. The minimum Gasteiger partial charge on any atom is -0.480 e. The second-order valence-electron chi connectivity index (χ2n) is 5.28. The van der Waals surface area contributed by atoms with Crippen molar-refractivity contribution in [3.05, 3.63) is 23.0 Å². The number of likely N-dealkylation sites (tertiary alicyclic amines) is 1. The maximum atomic E-state index is 12.3. The summed E-state index contributed by atoms with van der Waals surface area (Å²) in [6, 6.07) is 1.71. The first kappa shape index (κ1) is 14.4. The van der Waals surface area contributed by atoms with Gasteiger partial charge < -0.3 is 14.7 Å². The summed E-state index contributed by atoms with van der Waals surface area (Å²) in [5.74, 6) is -1.14. The minimum atomic E-state index is -1.01. The van der Waals surface area contributed by atoms with Crippen molar-refractivity contribution >= 4 is 11.9 Å². The van der Waals surface area contributed by atoms with Crippen molar-refractivity contribution in [2.45, 2.75) is 26.4 Å². The largest absolute Gasteiger partial charge is 0.480 e.